The van der Waals surface area contributed by atoms with E-state index in [0.29, 0.717) is 12.8 Å². The number of benzene rings is 2. The predicted octanol–water partition coefficient (Wildman–Crippen LogP) is 7.62. The van der Waals surface area contributed by atoms with Crippen molar-refractivity contribution >= 4 is 46.6 Å². The van der Waals surface area contributed by atoms with Gasteiger partial charge in [0.05, 0.1) is 26.1 Å². The molecule has 2 aromatic rings. The van der Waals surface area contributed by atoms with E-state index < -0.39 is 12.2 Å². The molecule has 2 saturated carbocycles. The molecule has 2 aliphatic heterocycles. The topological polar surface area (TPSA) is 142 Å². The van der Waals surface area contributed by atoms with Crippen LogP contribution in [0.1, 0.15) is 64.5 Å². The van der Waals surface area contributed by atoms with Gasteiger partial charge in [0.25, 0.3) is 0 Å². The number of allylic oxidation sites excluding steroid dienone is 6. The van der Waals surface area contributed by atoms with Crippen molar-refractivity contribution in [2.45, 2.75) is 65.5 Å². The molecule has 8 rings (SSSR count). The number of amides is 4. The number of carbonyl (C=O) groups is 4. The molecule has 12 nitrogen and oxygen atoms in total. The first-order chi connectivity index (χ1) is 27.9. The third kappa shape index (κ3) is 7.17. The van der Waals surface area contributed by atoms with Crippen LogP contribution in [-0.2, 0) is 19.1 Å². The minimum absolute atomic E-state index is 0.0224. The summed E-state index contributed by atoms with van der Waals surface area (Å²) in [6, 6.07) is 16.7. The molecular weight excluding hydrogens is 733 g/mol. The number of ether oxygens (including phenoxy) is 2. The summed E-state index contributed by atoms with van der Waals surface area (Å²) in [5.41, 5.74) is 14.0. The number of carbonyl (C=O) groups excluding carboxylic acids is 4. The van der Waals surface area contributed by atoms with Gasteiger partial charge in [0.1, 0.15) is 0 Å². The number of rotatable bonds is 9. The molecule has 5 unspecified atom stereocenters. The fourth-order valence-electron chi connectivity index (χ4n) is 10.1. The Kier molecular flexibility index (Phi) is 10.7. The highest BCUT2D eigenvalue weighted by Crippen LogP contribution is 2.52. The van der Waals surface area contributed by atoms with Crippen LogP contribution in [0.3, 0.4) is 0 Å². The van der Waals surface area contributed by atoms with Crippen LogP contribution in [0.2, 0.25) is 0 Å². The lowest BCUT2D eigenvalue weighted by Gasteiger charge is -2.34. The number of hydrazine groups is 2. The number of nitrogens with one attached hydrogen (secondary N) is 2. The van der Waals surface area contributed by atoms with Gasteiger partial charge in [-0.2, -0.15) is 0 Å². The normalized spacial score (nSPS) is 27.4. The van der Waals surface area contributed by atoms with Gasteiger partial charge in [-0.1, -0.05) is 72.8 Å². The molecule has 58 heavy (non-hydrogen) atoms. The second-order valence-electron chi connectivity index (χ2n) is 16.9. The van der Waals surface area contributed by atoms with Crippen LogP contribution in [-0.4, -0.2) is 71.7 Å². The fraction of sp³-hybridized carbons (Fsp3) is 0.435. The summed E-state index contributed by atoms with van der Waals surface area (Å²) < 4.78 is 9.59. The first-order valence-electron chi connectivity index (χ1n) is 20.4. The second-order valence-corrected chi connectivity index (χ2v) is 16.9. The molecule has 8 atom stereocenters. The van der Waals surface area contributed by atoms with E-state index in [9.17, 15) is 19.2 Å². The largest absolute Gasteiger partial charge is 0.452 e. The van der Waals surface area contributed by atoms with Gasteiger partial charge in [-0.25, -0.2) is 30.5 Å². The molecule has 0 spiro atoms. The van der Waals surface area contributed by atoms with E-state index in [2.05, 4.69) is 83.7 Å². The van der Waals surface area contributed by atoms with Crippen LogP contribution in [0.5, 0.6) is 0 Å². The maximum absolute atomic E-state index is 13.9. The molecule has 6 aliphatic rings. The van der Waals surface area contributed by atoms with Gasteiger partial charge in [-0.05, 0) is 97.6 Å². The van der Waals surface area contributed by atoms with Crippen molar-refractivity contribution in [3.05, 3.63) is 96.4 Å². The lowest BCUT2D eigenvalue weighted by atomic mass is 9.77. The number of nitrogens with zero attached hydrogens (tertiary/aromatic N) is 4. The molecule has 2 aromatic carbocycles. The summed E-state index contributed by atoms with van der Waals surface area (Å²) in [4.78, 5) is 61.8. The highest BCUT2D eigenvalue weighted by Gasteiger charge is 2.53. The fourth-order valence-corrected chi connectivity index (χ4v) is 10.1. The molecule has 0 saturated heterocycles. The summed E-state index contributed by atoms with van der Waals surface area (Å²) >= 11 is 0. The van der Waals surface area contributed by atoms with E-state index >= 15 is 0 Å². The lowest BCUT2D eigenvalue weighted by molar-refractivity contribution is -0.142. The van der Waals surface area contributed by atoms with Gasteiger partial charge in [0, 0.05) is 60.6 Å². The average Bonchev–Trinajstić information content (AvgIpc) is 4.10. The summed E-state index contributed by atoms with van der Waals surface area (Å²) in [6.07, 6.45) is 14.5. The van der Waals surface area contributed by atoms with E-state index in [1.165, 1.54) is 24.2 Å². The van der Waals surface area contributed by atoms with E-state index in [-0.39, 0.29) is 71.2 Å². The van der Waals surface area contributed by atoms with Crippen molar-refractivity contribution < 1.29 is 28.7 Å². The lowest BCUT2D eigenvalue weighted by Crippen LogP contribution is -2.54. The Morgan fingerprint density at radius 3 is 1.26 bits per heavy atom. The molecule has 12 heteroatoms. The van der Waals surface area contributed by atoms with Gasteiger partial charge in [0.15, 0.2) is 0 Å². The molecule has 302 valence electrons. The van der Waals surface area contributed by atoms with E-state index in [4.69, 9.17) is 19.5 Å². The summed E-state index contributed by atoms with van der Waals surface area (Å²) in [5.74, 6) is -0.120. The number of aliphatic imine (C=N–C) groups is 2. The standard InChI is InChI=1S/C46H52N6O6/c1-25(2)51(49-45(55)57-5)43(53)41-33-17-15-31(19-33)39(41)37-21-35(23-47-37)29-11-7-27(8-12-29)28-9-13-30(14-10-28)36-22-38(48-24-36)40-32-16-18-34(20-32)42(40)44(54)52(26(3)4)50-46(56)58-6/h7-18,23-26,31-34,39-42H,19-22H2,1-6H3,(H,49,55)(H,50,56)/t31?,32?,33?,34?,39-,40+,41-,42?/m0/s1. The van der Waals surface area contributed by atoms with Crippen LogP contribution in [0, 0.1) is 47.3 Å². The van der Waals surface area contributed by atoms with Crippen molar-refractivity contribution in [3.8, 4) is 11.1 Å². The first kappa shape index (κ1) is 39.1. The minimum Gasteiger partial charge on any atom is -0.452 e. The quantitative estimate of drug-likeness (QED) is 0.198. The molecular formula is C46H52N6O6. The Labute approximate surface area is 339 Å². The first-order valence-corrected chi connectivity index (χ1v) is 20.4. The smallest absolute Gasteiger partial charge is 0.425 e. The van der Waals surface area contributed by atoms with E-state index in [1.54, 1.807) is 0 Å². The van der Waals surface area contributed by atoms with Crippen molar-refractivity contribution in [3.63, 3.8) is 0 Å². The molecule has 4 bridgehead atoms. The van der Waals surface area contributed by atoms with Crippen molar-refractivity contribution in [1.82, 2.24) is 20.9 Å². The Morgan fingerprint density at radius 2 is 0.914 bits per heavy atom. The molecule has 2 N–H and O–H groups in total. The third-order valence-electron chi connectivity index (χ3n) is 12.9. The van der Waals surface area contributed by atoms with E-state index in [1.807, 2.05) is 40.1 Å². The van der Waals surface area contributed by atoms with Gasteiger partial charge in [-0.15, -0.1) is 0 Å². The van der Waals surface area contributed by atoms with Crippen molar-refractivity contribution in [1.29, 1.82) is 0 Å². The van der Waals surface area contributed by atoms with Crippen LogP contribution >= 0.6 is 0 Å². The van der Waals surface area contributed by atoms with Crippen LogP contribution in [0.15, 0.2) is 95.2 Å². The molecule has 2 fully saturated rings. The molecule has 0 radical (unpaired) electrons. The number of hydrogen-bond donors (Lipinski definition) is 2. The Bertz CT molecular complexity index is 2010. The van der Waals surface area contributed by atoms with Crippen molar-refractivity contribution in [2.75, 3.05) is 14.2 Å². The van der Waals surface area contributed by atoms with Gasteiger partial charge in [-0.3, -0.25) is 19.6 Å². The van der Waals surface area contributed by atoms with Gasteiger partial charge in [0.2, 0.25) is 11.8 Å². The third-order valence-corrected chi connectivity index (χ3v) is 12.9. The summed E-state index contributed by atoms with van der Waals surface area (Å²) in [5, 5.41) is 2.82. The second kappa shape index (κ2) is 15.9. The summed E-state index contributed by atoms with van der Waals surface area (Å²) in [6.45, 7) is 7.52. The Hall–Kier alpha value is -5.78. The van der Waals surface area contributed by atoms with Crippen LogP contribution in [0.25, 0.3) is 22.3 Å². The summed E-state index contributed by atoms with van der Waals surface area (Å²) in [7, 11) is 2.59. The maximum atomic E-state index is 13.9. The number of methoxy groups -OCH3 is 2. The molecule has 0 aromatic heterocycles. The average molecular weight is 785 g/mol. The SMILES string of the molecule is COC(=O)NN(C(=O)C1C2C=CC(C2)[C@@H]1C1=NC=C(c2ccc(-c3ccc(C4=CN=C([C@@H]5C6C=CC(C6)[C@@H]5C(=O)N(NC(=O)OC)C(C)C)C4)cc3)cc2)C1)C(C)C. The molecule has 4 aliphatic carbocycles. The molecule has 2 heterocycles. The zero-order chi connectivity index (χ0) is 40.8. The Morgan fingerprint density at radius 1 is 0.569 bits per heavy atom. The molecule has 4 amide bonds. The monoisotopic (exact) mass is 784 g/mol. The predicted molar refractivity (Wildman–Crippen MR) is 222 cm³/mol. The zero-order valence-electron chi connectivity index (χ0n) is 33.9. The van der Waals surface area contributed by atoms with Gasteiger partial charge < -0.3 is 9.47 Å². The van der Waals surface area contributed by atoms with Gasteiger partial charge >= 0.3 is 12.2 Å². The maximum Gasteiger partial charge on any atom is 0.425 e. The number of hydrogen-bond acceptors (Lipinski definition) is 8. The zero-order valence-corrected chi connectivity index (χ0v) is 33.9. The minimum atomic E-state index is -0.658. The highest BCUT2D eigenvalue weighted by molar-refractivity contribution is 6.04. The van der Waals surface area contributed by atoms with E-state index in [0.717, 1.165) is 57.7 Å². The van der Waals surface area contributed by atoms with Crippen LogP contribution < -0.4 is 10.9 Å². The Balaban J connectivity index is 0.896. The van der Waals surface area contributed by atoms with Crippen molar-refractivity contribution in [2.24, 2.45) is 57.3 Å². The number of fused-ring (bicyclic) bond motifs is 4. The highest BCUT2D eigenvalue weighted by atomic mass is 16.5. The van der Waals surface area contributed by atoms with Crippen LogP contribution in [0.4, 0.5) is 9.59 Å².